The van der Waals surface area contributed by atoms with Crippen LogP contribution in [0, 0.1) is 11.8 Å². The second-order valence-electron chi connectivity index (χ2n) is 6.84. The lowest BCUT2D eigenvalue weighted by molar-refractivity contribution is 0.298. The van der Waals surface area contributed by atoms with Crippen LogP contribution in [0.15, 0.2) is 24.3 Å². The van der Waals surface area contributed by atoms with E-state index in [1.807, 2.05) is 0 Å². The first-order valence-corrected chi connectivity index (χ1v) is 8.44. The Labute approximate surface area is 125 Å². The van der Waals surface area contributed by atoms with Crippen molar-refractivity contribution in [3.8, 4) is 0 Å². The van der Waals surface area contributed by atoms with Crippen molar-refractivity contribution in [1.29, 1.82) is 0 Å². The summed E-state index contributed by atoms with van der Waals surface area (Å²) >= 11 is 0. The number of likely N-dealkylation sites (N-methyl/N-ethyl adjacent to an activating group) is 1. The van der Waals surface area contributed by atoms with Crippen LogP contribution in [0.2, 0.25) is 0 Å². The molecular weight excluding hydrogens is 242 g/mol. The first-order valence-electron chi connectivity index (χ1n) is 8.44. The van der Waals surface area contributed by atoms with Crippen LogP contribution < -0.4 is 5.32 Å². The molecule has 20 heavy (non-hydrogen) atoms. The fourth-order valence-electron chi connectivity index (χ4n) is 3.70. The zero-order chi connectivity index (χ0) is 14.5. The molecule has 1 aromatic carbocycles. The topological polar surface area (TPSA) is 12.0 Å². The van der Waals surface area contributed by atoms with Crippen LogP contribution in [-0.2, 0) is 6.42 Å². The summed E-state index contributed by atoms with van der Waals surface area (Å²) in [6.45, 7) is 10.3. The molecule has 0 aliphatic heterocycles. The average molecular weight is 273 g/mol. The van der Waals surface area contributed by atoms with Gasteiger partial charge in [0.05, 0.1) is 0 Å². The Morgan fingerprint density at radius 2 is 1.85 bits per heavy atom. The molecule has 112 valence electrons. The Bertz CT molecular complexity index is 393. The highest BCUT2D eigenvalue weighted by Gasteiger charge is 2.30. The second-order valence-corrected chi connectivity index (χ2v) is 6.84. The molecule has 2 rings (SSSR count). The van der Waals surface area contributed by atoms with Crippen LogP contribution in [0.3, 0.4) is 0 Å². The van der Waals surface area contributed by atoms with Gasteiger partial charge in [-0.3, -0.25) is 0 Å². The van der Waals surface area contributed by atoms with E-state index in [2.05, 4.69) is 57.3 Å². The molecule has 3 atom stereocenters. The molecule has 0 aromatic heterocycles. The van der Waals surface area contributed by atoms with Crippen molar-refractivity contribution in [3.05, 3.63) is 35.4 Å². The molecule has 0 saturated heterocycles. The summed E-state index contributed by atoms with van der Waals surface area (Å²) in [5.41, 5.74) is 2.93. The van der Waals surface area contributed by atoms with E-state index >= 15 is 0 Å². The summed E-state index contributed by atoms with van der Waals surface area (Å²) in [6.07, 6.45) is 5.42. The maximum atomic E-state index is 3.74. The molecule has 1 heteroatoms. The minimum absolute atomic E-state index is 0.628. The molecule has 0 radical (unpaired) electrons. The average Bonchev–Trinajstić information content (AvgIpc) is 2.85. The Hall–Kier alpha value is -0.820. The Morgan fingerprint density at radius 1 is 1.15 bits per heavy atom. The third kappa shape index (κ3) is 3.85. The molecule has 1 fully saturated rings. The molecular formula is C19H31N. The number of benzene rings is 1. The van der Waals surface area contributed by atoms with Gasteiger partial charge >= 0.3 is 0 Å². The van der Waals surface area contributed by atoms with Crippen molar-refractivity contribution >= 4 is 0 Å². The molecule has 0 heterocycles. The van der Waals surface area contributed by atoms with E-state index in [4.69, 9.17) is 0 Å². The van der Waals surface area contributed by atoms with E-state index < -0.39 is 0 Å². The third-order valence-corrected chi connectivity index (χ3v) is 5.01. The molecule has 1 aromatic rings. The summed E-state index contributed by atoms with van der Waals surface area (Å²) in [4.78, 5) is 0. The lowest BCUT2D eigenvalue weighted by Crippen LogP contribution is -2.39. The first-order chi connectivity index (χ1) is 9.61. The minimum Gasteiger partial charge on any atom is -0.314 e. The summed E-state index contributed by atoms with van der Waals surface area (Å²) < 4.78 is 0. The SMILES string of the molecule is CCNC(Cc1ccc(C(C)C)cc1)C1CCCC1C. The van der Waals surface area contributed by atoms with Gasteiger partial charge in [-0.15, -0.1) is 0 Å². The normalized spacial score (nSPS) is 24.2. The third-order valence-electron chi connectivity index (χ3n) is 5.01. The number of nitrogens with one attached hydrogen (secondary N) is 1. The van der Waals surface area contributed by atoms with Gasteiger partial charge in [0, 0.05) is 6.04 Å². The van der Waals surface area contributed by atoms with Crippen molar-refractivity contribution in [1.82, 2.24) is 5.32 Å². The molecule has 1 nitrogen and oxygen atoms in total. The van der Waals surface area contributed by atoms with E-state index in [1.54, 1.807) is 0 Å². The zero-order valence-corrected chi connectivity index (χ0v) is 13.7. The maximum absolute atomic E-state index is 3.74. The highest BCUT2D eigenvalue weighted by molar-refractivity contribution is 5.25. The van der Waals surface area contributed by atoms with Crippen LogP contribution in [0.5, 0.6) is 0 Å². The van der Waals surface area contributed by atoms with Crippen molar-refractivity contribution < 1.29 is 0 Å². The van der Waals surface area contributed by atoms with Crippen molar-refractivity contribution in [2.75, 3.05) is 6.54 Å². The van der Waals surface area contributed by atoms with E-state index in [1.165, 1.54) is 36.8 Å². The van der Waals surface area contributed by atoms with Crippen LogP contribution in [0.25, 0.3) is 0 Å². The van der Waals surface area contributed by atoms with Gasteiger partial charge in [0.25, 0.3) is 0 Å². The van der Waals surface area contributed by atoms with Gasteiger partial charge in [-0.25, -0.2) is 0 Å². The lowest BCUT2D eigenvalue weighted by atomic mass is 9.86. The molecule has 0 amide bonds. The predicted octanol–water partition coefficient (Wildman–Crippen LogP) is 4.77. The van der Waals surface area contributed by atoms with Crippen LogP contribution in [0.1, 0.15) is 64.0 Å². The van der Waals surface area contributed by atoms with Gasteiger partial charge in [-0.2, -0.15) is 0 Å². The van der Waals surface area contributed by atoms with E-state index in [9.17, 15) is 0 Å². The molecule has 1 aliphatic carbocycles. The van der Waals surface area contributed by atoms with E-state index in [-0.39, 0.29) is 0 Å². The van der Waals surface area contributed by atoms with Gasteiger partial charge in [0.2, 0.25) is 0 Å². The molecule has 1 saturated carbocycles. The van der Waals surface area contributed by atoms with Crippen LogP contribution in [-0.4, -0.2) is 12.6 Å². The Kier molecular flexibility index (Phi) is 5.65. The molecule has 0 spiro atoms. The number of hydrogen-bond donors (Lipinski definition) is 1. The van der Waals surface area contributed by atoms with Gasteiger partial charge in [-0.05, 0) is 48.3 Å². The minimum atomic E-state index is 0.628. The number of rotatable bonds is 6. The largest absolute Gasteiger partial charge is 0.314 e. The van der Waals surface area contributed by atoms with Crippen LogP contribution >= 0.6 is 0 Å². The highest BCUT2D eigenvalue weighted by atomic mass is 14.9. The van der Waals surface area contributed by atoms with E-state index in [0.29, 0.717) is 12.0 Å². The maximum Gasteiger partial charge on any atom is 0.0138 e. The van der Waals surface area contributed by atoms with Gasteiger partial charge < -0.3 is 5.32 Å². The smallest absolute Gasteiger partial charge is 0.0138 e. The molecule has 1 aliphatic rings. The van der Waals surface area contributed by atoms with Crippen molar-refractivity contribution in [3.63, 3.8) is 0 Å². The Balaban J connectivity index is 2.03. The van der Waals surface area contributed by atoms with Gasteiger partial charge in [-0.1, -0.05) is 64.8 Å². The standard InChI is InChI=1S/C19H31N/c1-5-20-19(18-8-6-7-15(18)4)13-16-9-11-17(12-10-16)14(2)3/h9-12,14-15,18-20H,5-8,13H2,1-4H3. The monoisotopic (exact) mass is 273 g/mol. The van der Waals surface area contributed by atoms with Gasteiger partial charge in [0.15, 0.2) is 0 Å². The van der Waals surface area contributed by atoms with Crippen molar-refractivity contribution in [2.45, 2.75) is 65.3 Å². The second kappa shape index (κ2) is 7.26. The summed E-state index contributed by atoms with van der Waals surface area (Å²) in [5.74, 6) is 2.37. The summed E-state index contributed by atoms with van der Waals surface area (Å²) in [6, 6.07) is 9.93. The number of hydrogen-bond acceptors (Lipinski definition) is 1. The van der Waals surface area contributed by atoms with Crippen molar-refractivity contribution in [2.24, 2.45) is 11.8 Å². The Morgan fingerprint density at radius 3 is 2.35 bits per heavy atom. The van der Waals surface area contributed by atoms with Gasteiger partial charge in [0.1, 0.15) is 0 Å². The van der Waals surface area contributed by atoms with E-state index in [0.717, 1.165) is 18.4 Å². The fourth-order valence-corrected chi connectivity index (χ4v) is 3.70. The lowest BCUT2D eigenvalue weighted by Gasteiger charge is -2.28. The van der Waals surface area contributed by atoms with Crippen LogP contribution in [0.4, 0.5) is 0 Å². The first kappa shape index (κ1) is 15.6. The molecule has 0 bridgehead atoms. The summed E-state index contributed by atoms with van der Waals surface area (Å²) in [5, 5.41) is 3.74. The molecule has 1 N–H and O–H groups in total. The predicted molar refractivity (Wildman–Crippen MR) is 88.2 cm³/mol. The highest BCUT2D eigenvalue weighted by Crippen LogP contribution is 2.34. The molecule has 3 unspecified atom stereocenters. The fraction of sp³-hybridized carbons (Fsp3) is 0.684. The summed E-state index contributed by atoms with van der Waals surface area (Å²) in [7, 11) is 0. The zero-order valence-electron chi connectivity index (χ0n) is 13.7. The quantitative estimate of drug-likeness (QED) is 0.787.